The first kappa shape index (κ1) is 22.7. The van der Waals surface area contributed by atoms with Gasteiger partial charge in [-0.05, 0) is 45.2 Å². The summed E-state index contributed by atoms with van der Waals surface area (Å²) in [6.45, 7) is 12.3. The van der Waals surface area contributed by atoms with Gasteiger partial charge >= 0.3 is 0 Å². The largest absolute Gasteiger partial charge is 0.469 e. The van der Waals surface area contributed by atoms with E-state index in [1.54, 1.807) is 6.26 Å². The second-order valence-corrected chi connectivity index (χ2v) is 7.35. The van der Waals surface area contributed by atoms with Crippen molar-refractivity contribution in [3.05, 3.63) is 24.2 Å². The number of guanidine groups is 1. The molecule has 0 aromatic carbocycles. The third-order valence-electron chi connectivity index (χ3n) is 4.56. The first-order valence-corrected chi connectivity index (χ1v) is 10.7. The maximum absolute atomic E-state index is 5.59. The summed E-state index contributed by atoms with van der Waals surface area (Å²) in [5, 5.41) is 6.87. The lowest BCUT2D eigenvalue weighted by molar-refractivity contribution is 0.0377. The van der Waals surface area contributed by atoms with E-state index in [4.69, 9.17) is 18.9 Å². The fourth-order valence-electron chi connectivity index (χ4n) is 3.00. The molecule has 28 heavy (non-hydrogen) atoms. The van der Waals surface area contributed by atoms with Gasteiger partial charge in [-0.2, -0.15) is 0 Å². The number of morpholine rings is 1. The van der Waals surface area contributed by atoms with Crippen LogP contribution in [0.1, 0.15) is 38.9 Å². The molecule has 2 rings (SSSR count). The van der Waals surface area contributed by atoms with Crippen molar-refractivity contribution in [2.75, 3.05) is 59.1 Å². The first-order chi connectivity index (χ1) is 13.7. The second-order valence-electron chi connectivity index (χ2n) is 7.35. The van der Waals surface area contributed by atoms with Gasteiger partial charge in [-0.1, -0.05) is 0 Å². The molecule has 0 atom stereocenters. The molecule has 0 saturated carbocycles. The molecule has 2 heterocycles. The molecule has 1 aromatic heterocycles. The molecule has 2 N–H and O–H groups in total. The molecule has 1 aromatic rings. The van der Waals surface area contributed by atoms with Crippen LogP contribution in [0.25, 0.3) is 0 Å². The number of hydrogen-bond acceptors (Lipinski definition) is 5. The number of rotatable bonds is 13. The highest BCUT2D eigenvalue weighted by molar-refractivity contribution is 5.79. The Morgan fingerprint density at radius 2 is 2.00 bits per heavy atom. The molecule has 0 amide bonds. The molecule has 7 heteroatoms. The molecule has 0 bridgehead atoms. The van der Waals surface area contributed by atoms with Gasteiger partial charge in [0, 0.05) is 52.3 Å². The minimum absolute atomic E-state index is 0.305. The van der Waals surface area contributed by atoms with Crippen LogP contribution in [0.15, 0.2) is 27.8 Å². The zero-order valence-corrected chi connectivity index (χ0v) is 17.6. The van der Waals surface area contributed by atoms with Gasteiger partial charge < -0.3 is 24.5 Å². The average molecular weight is 395 g/mol. The van der Waals surface area contributed by atoms with E-state index in [-0.39, 0.29) is 0 Å². The molecular weight excluding hydrogens is 356 g/mol. The third kappa shape index (κ3) is 10.7. The predicted molar refractivity (Wildman–Crippen MR) is 113 cm³/mol. The van der Waals surface area contributed by atoms with E-state index in [1.165, 1.54) is 0 Å². The number of nitrogens with one attached hydrogen (secondary N) is 2. The highest BCUT2D eigenvalue weighted by Gasteiger charge is 2.09. The Bertz CT molecular complexity index is 514. The molecule has 0 radical (unpaired) electrons. The van der Waals surface area contributed by atoms with Crippen LogP contribution in [0, 0.1) is 0 Å². The summed E-state index contributed by atoms with van der Waals surface area (Å²) in [4.78, 5) is 7.20. The molecule has 1 saturated heterocycles. The minimum Gasteiger partial charge on any atom is -0.469 e. The number of ether oxygens (including phenoxy) is 2. The number of aliphatic imine (C=N–C) groups is 1. The molecule has 0 aliphatic carbocycles. The molecule has 7 nitrogen and oxygen atoms in total. The van der Waals surface area contributed by atoms with E-state index in [0.717, 1.165) is 96.5 Å². The Balaban J connectivity index is 1.65. The highest BCUT2D eigenvalue weighted by atomic mass is 16.5. The topological polar surface area (TPSA) is 71.3 Å². The van der Waals surface area contributed by atoms with E-state index in [9.17, 15) is 0 Å². The van der Waals surface area contributed by atoms with Crippen molar-refractivity contribution in [1.82, 2.24) is 15.5 Å². The minimum atomic E-state index is 0.305. The van der Waals surface area contributed by atoms with Crippen molar-refractivity contribution in [2.24, 2.45) is 4.99 Å². The molecule has 1 aliphatic heterocycles. The molecule has 0 unspecified atom stereocenters. The lowest BCUT2D eigenvalue weighted by Crippen LogP contribution is -2.39. The third-order valence-corrected chi connectivity index (χ3v) is 4.56. The Kier molecular flexibility index (Phi) is 11.7. The van der Waals surface area contributed by atoms with E-state index >= 15 is 0 Å². The summed E-state index contributed by atoms with van der Waals surface area (Å²) in [5.74, 6) is 1.88. The van der Waals surface area contributed by atoms with Gasteiger partial charge in [-0.3, -0.25) is 9.89 Å². The second kappa shape index (κ2) is 14.4. The van der Waals surface area contributed by atoms with Gasteiger partial charge in [0.25, 0.3) is 0 Å². The van der Waals surface area contributed by atoms with Gasteiger partial charge in [-0.15, -0.1) is 0 Å². The quantitative estimate of drug-likeness (QED) is 0.304. The van der Waals surface area contributed by atoms with Crippen LogP contribution >= 0.6 is 0 Å². The monoisotopic (exact) mass is 394 g/mol. The zero-order chi connectivity index (χ0) is 19.9. The van der Waals surface area contributed by atoms with Crippen molar-refractivity contribution in [2.45, 2.75) is 45.6 Å². The average Bonchev–Trinajstić information content (AvgIpc) is 3.21. The van der Waals surface area contributed by atoms with Gasteiger partial charge in [0.05, 0.1) is 25.6 Å². The summed E-state index contributed by atoms with van der Waals surface area (Å²) in [7, 11) is 0. The summed E-state index contributed by atoms with van der Waals surface area (Å²) in [6, 6.07) is 3.93. The number of furan rings is 1. The molecule has 160 valence electrons. The standard InChI is InChI=1S/C21H38N4O3/c1-19(2)27-15-4-3-9-22-21(24-11-8-20-7-5-16-28-20)23-10-6-12-25-13-17-26-18-14-25/h5,7,16,19H,3-4,6,8-15,17-18H2,1-2H3,(H2,22,23,24). The Morgan fingerprint density at radius 1 is 1.18 bits per heavy atom. The van der Waals surface area contributed by atoms with Crippen LogP contribution in [0.4, 0.5) is 0 Å². The normalized spacial score (nSPS) is 15.9. The zero-order valence-electron chi connectivity index (χ0n) is 17.6. The summed E-state index contributed by atoms with van der Waals surface area (Å²) < 4.78 is 16.4. The van der Waals surface area contributed by atoms with Crippen molar-refractivity contribution in [3.63, 3.8) is 0 Å². The van der Waals surface area contributed by atoms with Crippen molar-refractivity contribution in [1.29, 1.82) is 0 Å². The molecule has 0 spiro atoms. The lowest BCUT2D eigenvalue weighted by Gasteiger charge is -2.26. The summed E-state index contributed by atoms with van der Waals surface area (Å²) in [5.41, 5.74) is 0. The number of nitrogens with zero attached hydrogens (tertiary/aromatic N) is 2. The smallest absolute Gasteiger partial charge is 0.191 e. The van der Waals surface area contributed by atoms with Gasteiger partial charge in [0.1, 0.15) is 5.76 Å². The molecule has 1 aliphatic rings. The van der Waals surface area contributed by atoms with Crippen LogP contribution in [0.5, 0.6) is 0 Å². The van der Waals surface area contributed by atoms with E-state index < -0.39 is 0 Å². The van der Waals surface area contributed by atoms with Crippen LogP contribution in [-0.2, 0) is 15.9 Å². The molecule has 1 fully saturated rings. The van der Waals surface area contributed by atoms with Crippen LogP contribution < -0.4 is 10.6 Å². The van der Waals surface area contributed by atoms with Crippen molar-refractivity contribution in [3.8, 4) is 0 Å². The van der Waals surface area contributed by atoms with Gasteiger partial charge in [0.2, 0.25) is 0 Å². The number of unbranched alkanes of at least 4 members (excludes halogenated alkanes) is 1. The van der Waals surface area contributed by atoms with Crippen LogP contribution in [0.3, 0.4) is 0 Å². The Labute approximate surface area is 169 Å². The lowest BCUT2D eigenvalue weighted by atomic mass is 10.3. The van der Waals surface area contributed by atoms with Crippen LogP contribution in [-0.4, -0.2) is 76.1 Å². The SMILES string of the molecule is CC(C)OCCCCNC(=NCCCN1CCOCC1)NCCc1ccco1. The maximum Gasteiger partial charge on any atom is 0.191 e. The highest BCUT2D eigenvalue weighted by Crippen LogP contribution is 2.00. The van der Waals surface area contributed by atoms with Gasteiger partial charge in [0.15, 0.2) is 5.96 Å². The Morgan fingerprint density at radius 3 is 2.75 bits per heavy atom. The van der Waals surface area contributed by atoms with E-state index in [0.29, 0.717) is 6.10 Å². The van der Waals surface area contributed by atoms with E-state index in [2.05, 4.69) is 29.4 Å². The molecular formula is C21H38N4O3. The number of hydrogen-bond donors (Lipinski definition) is 2. The Hall–Kier alpha value is -1.57. The fraction of sp³-hybridized carbons (Fsp3) is 0.762. The van der Waals surface area contributed by atoms with Gasteiger partial charge in [-0.25, -0.2) is 0 Å². The summed E-state index contributed by atoms with van der Waals surface area (Å²) in [6.07, 6.45) is 6.06. The fourth-order valence-corrected chi connectivity index (χ4v) is 3.00. The first-order valence-electron chi connectivity index (χ1n) is 10.7. The van der Waals surface area contributed by atoms with Crippen molar-refractivity contribution < 1.29 is 13.9 Å². The predicted octanol–water partition coefficient (Wildman–Crippen LogP) is 2.28. The van der Waals surface area contributed by atoms with Crippen LogP contribution in [0.2, 0.25) is 0 Å². The van der Waals surface area contributed by atoms with Crippen molar-refractivity contribution >= 4 is 5.96 Å². The summed E-state index contributed by atoms with van der Waals surface area (Å²) >= 11 is 0. The van der Waals surface area contributed by atoms with E-state index in [1.807, 2.05) is 12.1 Å². The maximum atomic E-state index is 5.59.